The molecule has 1 saturated heterocycles. The predicted octanol–water partition coefficient (Wildman–Crippen LogP) is 5.78. The van der Waals surface area contributed by atoms with Crippen LogP contribution in [0.15, 0.2) is 42.5 Å². The Morgan fingerprint density at radius 3 is 2.28 bits per heavy atom. The van der Waals surface area contributed by atoms with Crippen molar-refractivity contribution in [3.8, 4) is 0 Å². The van der Waals surface area contributed by atoms with Gasteiger partial charge in [0, 0.05) is 26.9 Å². The number of halogens is 2. The molecule has 5 heteroatoms. The van der Waals surface area contributed by atoms with E-state index < -0.39 is 5.79 Å². The van der Waals surface area contributed by atoms with E-state index in [-0.39, 0.29) is 6.04 Å². The van der Waals surface area contributed by atoms with Gasteiger partial charge in [-0.05, 0) is 43.9 Å². The number of hydrogen-bond donors (Lipinski definition) is 1. The van der Waals surface area contributed by atoms with E-state index in [1.165, 1.54) is 12.8 Å². The quantitative estimate of drug-likeness (QED) is 0.716. The fraction of sp³-hybridized carbons (Fsp3) is 0.400. The summed E-state index contributed by atoms with van der Waals surface area (Å²) in [5.41, 5.74) is 2.97. The fourth-order valence-corrected chi connectivity index (χ4v) is 4.14. The molecule has 0 amide bonds. The Morgan fingerprint density at radius 1 is 1.00 bits per heavy atom. The van der Waals surface area contributed by atoms with E-state index in [4.69, 9.17) is 32.7 Å². The van der Waals surface area contributed by atoms with Gasteiger partial charge >= 0.3 is 0 Å². The molecule has 1 unspecified atom stereocenters. The summed E-state index contributed by atoms with van der Waals surface area (Å²) in [5.74, 6) is -0.189. The van der Waals surface area contributed by atoms with Gasteiger partial charge in [0.1, 0.15) is 0 Å². The molecule has 4 rings (SSSR count). The topological polar surface area (TPSA) is 30.5 Å². The van der Waals surface area contributed by atoms with Crippen LogP contribution in [0.1, 0.15) is 36.9 Å². The van der Waals surface area contributed by atoms with Gasteiger partial charge < -0.3 is 14.8 Å². The van der Waals surface area contributed by atoms with Gasteiger partial charge in [-0.25, -0.2) is 0 Å². The summed E-state index contributed by atoms with van der Waals surface area (Å²) in [4.78, 5) is 0. The van der Waals surface area contributed by atoms with Crippen molar-refractivity contribution in [3.63, 3.8) is 0 Å². The zero-order chi connectivity index (χ0) is 17.4. The lowest BCUT2D eigenvalue weighted by molar-refractivity contribution is -0.149. The van der Waals surface area contributed by atoms with Crippen LogP contribution in [0.2, 0.25) is 10.0 Å². The maximum absolute atomic E-state index is 6.48. The summed E-state index contributed by atoms with van der Waals surface area (Å²) < 4.78 is 11.7. The lowest BCUT2D eigenvalue weighted by atomic mass is 9.99. The van der Waals surface area contributed by atoms with Gasteiger partial charge in [-0.15, -0.1) is 0 Å². The number of hydrogen-bond acceptors (Lipinski definition) is 3. The van der Waals surface area contributed by atoms with E-state index >= 15 is 0 Å². The van der Waals surface area contributed by atoms with Gasteiger partial charge in [0.2, 0.25) is 0 Å². The molecule has 1 aliphatic carbocycles. The third-order valence-corrected chi connectivity index (χ3v) is 5.63. The molecule has 2 aromatic carbocycles. The Bertz CT molecular complexity index is 750. The van der Waals surface area contributed by atoms with E-state index in [9.17, 15) is 0 Å². The predicted molar refractivity (Wildman–Crippen MR) is 101 cm³/mol. The van der Waals surface area contributed by atoms with Crippen molar-refractivity contribution in [3.05, 3.63) is 63.6 Å². The Labute approximate surface area is 158 Å². The van der Waals surface area contributed by atoms with Crippen LogP contribution in [-0.4, -0.2) is 13.2 Å². The molecule has 1 heterocycles. The molecule has 1 N–H and O–H groups in total. The normalized spacial score (nSPS) is 20.4. The van der Waals surface area contributed by atoms with Gasteiger partial charge in [-0.3, -0.25) is 0 Å². The van der Waals surface area contributed by atoms with Crippen molar-refractivity contribution in [2.75, 3.05) is 18.5 Å². The Hall–Kier alpha value is -1.26. The first-order chi connectivity index (χ1) is 12.1. The van der Waals surface area contributed by atoms with Gasteiger partial charge in [-0.2, -0.15) is 0 Å². The second kappa shape index (κ2) is 6.81. The van der Waals surface area contributed by atoms with Crippen molar-refractivity contribution in [1.82, 2.24) is 0 Å². The van der Waals surface area contributed by atoms with Crippen molar-refractivity contribution < 1.29 is 9.47 Å². The number of benzene rings is 2. The molecule has 0 radical (unpaired) electrons. The Balaban J connectivity index is 1.71. The standard InChI is InChI=1S/C20H21Cl2NO2/c1-20(24-11-12-25-20)14-5-2-3-8-17(14)23-19(13-9-10-13)18-15(21)6-4-7-16(18)22/h2-8,13,19,23H,9-12H2,1H3. The zero-order valence-corrected chi connectivity index (χ0v) is 15.6. The van der Waals surface area contributed by atoms with Crippen LogP contribution in [0.5, 0.6) is 0 Å². The van der Waals surface area contributed by atoms with Gasteiger partial charge in [0.15, 0.2) is 5.79 Å². The number of ether oxygens (including phenoxy) is 2. The molecule has 2 aromatic rings. The van der Waals surface area contributed by atoms with E-state index in [0.717, 1.165) is 16.8 Å². The molecule has 1 saturated carbocycles. The summed E-state index contributed by atoms with van der Waals surface area (Å²) in [7, 11) is 0. The summed E-state index contributed by atoms with van der Waals surface area (Å²) in [6, 6.07) is 13.9. The molecule has 2 aliphatic rings. The van der Waals surface area contributed by atoms with Crippen molar-refractivity contribution in [2.45, 2.75) is 31.6 Å². The SMILES string of the molecule is CC1(c2ccccc2NC(c2c(Cl)cccc2Cl)C2CC2)OCCO1. The molecule has 0 bridgehead atoms. The lowest BCUT2D eigenvalue weighted by Gasteiger charge is -2.29. The van der Waals surface area contributed by atoms with Gasteiger partial charge in [0.25, 0.3) is 0 Å². The Morgan fingerprint density at radius 2 is 1.64 bits per heavy atom. The van der Waals surface area contributed by atoms with Crippen LogP contribution < -0.4 is 5.32 Å². The molecular weight excluding hydrogens is 357 g/mol. The number of anilines is 1. The summed E-state index contributed by atoms with van der Waals surface area (Å²) >= 11 is 13.0. The molecule has 132 valence electrons. The van der Waals surface area contributed by atoms with E-state index in [1.54, 1.807) is 0 Å². The minimum atomic E-state index is -0.720. The number of para-hydroxylation sites is 1. The smallest absolute Gasteiger partial charge is 0.194 e. The fourth-order valence-electron chi connectivity index (χ4n) is 3.51. The molecule has 2 fully saturated rings. The highest BCUT2D eigenvalue weighted by Crippen LogP contribution is 2.48. The minimum absolute atomic E-state index is 0.0763. The van der Waals surface area contributed by atoms with E-state index in [2.05, 4.69) is 11.4 Å². The lowest BCUT2D eigenvalue weighted by Crippen LogP contribution is -2.25. The number of nitrogens with one attached hydrogen (secondary N) is 1. The largest absolute Gasteiger partial charge is 0.377 e. The van der Waals surface area contributed by atoms with Gasteiger partial charge in [0.05, 0.1) is 19.3 Å². The Kier molecular flexibility index (Phi) is 4.67. The second-order valence-electron chi connectivity index (χ2n) is 6.78. The summed E-state index contributed by atoms with van der Waals surface area (Å²) in [6.07, 6.45) is 2.34. The average Bonchev–Trinajstić information content (AvgIpc) is 3.35. The number of rotatable bonds is 5. The van der Waals surface area contributed by atoms with Crippen LogP contribution in [0.3, 0.4) is 0 Å². The van der Waals surface area contributed by atoms with Crippen LogP contribution >= 0.6 is 23.2 Å². The second-order valence-corrected chi connectivity index (χ2v) is 7.60. The van der Waals surface area contributed by atoms with Crippen LogP contribution in [0.25, 0.3) is 0 Å². The molecule has 3 nitrogen and oxygen atoms in total. The third kappa shape index (κ3) is 3.39. The maximum atomic E-state index is 6.48. The zero-order valence-electron chi connectivity index (χ0n) is 14.1. The monoisotopic (exact) mass is 377 g/mol. The first-order valence-electron chi connectivity index (χ1n) is 8.66. The van der Waals surface area contributed by atoms with Crippen molar-refractivity contribution in [1.29, 1.82) is 0 Å². The molecule has 1 aliphatic heterocycles. The maximum Gasteiger partial charge on any atom is 0.194 e. The highest BCUT2D eigenvalue weighted by molar-refractivity contribution is 6.36. The summed E-state index contributed by atoms with van der Waals surface area (Å²) in [5, 5.41) is 5.09. The highest BCUT2D eigenvalue weighted by atomic mass is 35.5. The molecule has 25 heavy (non-hydrogen) atoms. The first-order valence-corrected chi connectivity index (χ1v) is 9.42. The third-order valence-electron chi connectivity index (χ3n) is 4.97. The van der Waals surface area contributed by atoms with Crippen molar-refractivity contribution >= 4 is 28.9 Å². The average molecular weight is 378 g/mol. The van der Waals surface area contributed by atoms with Crippen molar-refractivity contribution in [2.24, 2.45) is 5.92 Å². The first kappa shape index (κ1) is 17.2. The summed E-state index contributed by atoms with van der Waals surface area (Å²) in [6.45, 7) is 3.18. The highest BCUT2D eigenvalue weighted by Gasteiger charge is 2.38. The molecular formula is C20H21Cl2NO2. The molecule has 1 atom stereocenters. The van der Waals surface area contributed by atoms with Crippen LogP contribution in [-0.2, 0) is 15.3 Å². The molecule has 0 aromatic heterocycles. The minimum Gasteiger partial charge on any atom is -0.377 e. The van der Waals surface area contributed by atoms with Gasteiger partial charge in [-0.1, -0.05) is 47.5 Å². The van der Waals surface area contributed by atoms with Crippen LogP contribution in [0, 0.1) is 5.92 Å². The van der Waals surface area contributed by atoms with Crippen LogP contribution in [0.4, 0.5) is 5.69 Å². The van der Waals surface area contributed by atoms with E-state index in [0.29, 0.717) is 29.2 Å². The van der Waals surface area contributed by atoms with E-state index in [1.807, 2.05) is 43.3 Å². The molecule has 0 spiro atoms.